The molecule has 3 rings (SSSR count). The summed E-state index contributed by atoms with van der Waals surface area (Å²) in [5.74, 6) is 1.52. The van der Waals surface area contributed by atoms with Crippen molar-refractivity contribution in [3.8, 4) is 0 Å². The number of carbonyl (C=O) groups is 2. The van der Waals surface area contributed by atoms with Gasteiger partial charge in [-0.2, -0.15) is 0 Å². The summed E-state index contributed by atoms with van der Waals surface area (Å²) in [7, 11) is 0. The summed E-state index contributed by atoms with van der Waals surface area (Å²) >= 11 is 3.72. The van der Waals surface area contributed by atoms with E-state index in [1.54, 1.807) is 0 Å². The Balaban J connectivity index is 1.67. The van der Waals surface area contributed by atoms with Gasteiger partial charge in [0.05, 0.1) is 24.7 Å². The van der Waals surface area contributed by atoms with Crippen molar-refractivity contribution in [2.24, 2.45) is 0 Å². The van der Waals surface area contributed by atoms with E-state index in [9.17, 15) is 9.59 Å². The van der Waals surface area contributed by atoms with Crippen LogP contribution in [0.3, 0.4) is 0 Å². The number of piperazine rings is 1. The molecule has 2 N–H and O–H groups in total. The van der Waals surface area contributed by atoms with Crippen LogP contribution >= 0.6 is 23.5 Å². The Kier molecular flexibility index (Phi) is 5.21. The Labute approximate surface area is 139 Å². The number of rotatable bonds is 4. The van der Waals surface area contributed by atoms with E-state index in [2.05, 4.69) is 0 Å². The highest BCUT2D eigenvalue weighted by molar-refractivity contribution is 8.03. The highest BCUT2D eigenvalue weighted by atomic mass is 32.2. The lowest BCUT2D eigenvalue weighted by Gasteiger charge is -2.37. The Morgan fingerprint density at radius 2 is 1.32 bits per heavy atom. The van der Waals surface area contributed by atoms with Crippen LogP contribution in [0.5, 0.6) is 0 Å². The van der Waals surface area contributed by atoms with Crippen molar-refractivity contribution in [2.75, 3.05) is 37.8 Å². The smallest absolute Gasteiger partial charge is 0.365 e. The Morgan fingerprint density at radius 1 is 0.909 bits per heavy atom. The van der Waals surface area contributed by atoms with Crippen molar-refractivity contribution in [3.63, 3.8) is 0 Å². The van der Waals surface area contributed by atoms with Crippen molar-refractivity contribution < 1.29 is 28.9 Å². The van der Waals surface area contributed by atoms with E-state index in [-0.39, 0.29) is 24.0 Å². The van der Waals surface area contributed by atoms with Crippen LogP contribution in [0.25, 0.3) is 0 Å². The van der Waals surface area contributed by atoms with E-state index in [0.717, 1.165) is 24.6 Å². The highest BCUT2D eigenvalue weighted by Gasteiger charge is 2.59. The van der Waals surface area contributed by atoms with Crippen LogP contribution in [-0.2, 0) is 19.1 Å². The second-order valence-corrected chi connectivity index (χ2v) is 8.12. The largest absolute Gasteiger partial charge is 0.462 e. The van der Waals surface area contributed by atoms with Crippen LogP contribution in [-0.4, -0.2) is 72.6 Å². The third-order valence-corrected chi connectivity index (χ3v) is 7.72. The lowest BCUT2D eigenvalue weighted by atomic mass is 10.2. The van der Waals surface area contributed by atoms with Crippen LogP contribution in [0.15, 0.2) is 0 Å². The van der Waals surface area contributed by atoms with Gasteiger partial charge in [0, 0.05) is 0 Å². The fraction of sp³-hybridized carbons (Fsp3) is 0.857. The van der Waals surface area contributed by atoms with Gasteiger partial charge in [-0.3, -0.25) is 0 Å². The van der Waals surface area contributed by atoms with Crippen molar-refractivity contribution in [1.29, 1.82) is 0 Å². The second-order valence-electron chi connectivity index (χ2n) is 5.77. The summed E-state index contributed by atoms with van der Waals surface area (Å²) in [4.78, 5) is 26.9. The van der Waals surface area contributed by atoms with Gasteiger partial charge in [0.15, 0.2) is 22.8 Å². The van der Waals surface area contributed by atoms with Gasteiger partial charge >= 0.3 is 11.9 Å². The number of thioether (sulfide) groups is 2. The van der Waals surface area contributed by atoms with Crippen molar-refractivity contribution in [1.82, 2.24) is 0 Å². The summed E-state index contributed by atoms with van der Waals surface area (Å²) < 4.78 is 10.4. The first-order valence-electron chi connectivity index (χ1n) is 7.95. The topological polar surface area (TPSA) is 61.5 Å². The fourth-order valence-corrected chi connectivity index (χ4v) is 7.30. The second kappa shape index (κ2) is 6.98. The molecule has 3 fully saturated rings. The first-order chi connectivity index (χ1) is 10.7. The molecule has 3 aliphatic rings. The number of esters is 2. The molecule has 0 aromatic rings. The van der Waals surface area contributed by atoms with Gasteiger partial charge in [-0.15, -0.1) is 0 Å². The molecular formula is C14H24N2O4S2+2. The first-order valence-corrected chi connectivity index (χ1v) is 10.0. The van der Waals surface area contributed by atoms with Crippen molar-refractivity contribution in [2.45, 2.75) is 36.7 Å². The molecule has 0 aromatic heterocycles. The van der Waals surface area contributed by atoms with Gasteiger partial charge < -0.3 is 19.3 Å². The molecule has 0 radical (unpaired) electrons. The van der Waals surface area contributed by atoms with Crippen LogP contribution in [0, 0.1) is 0 Å². The number of hydrogen-bond donors (Lipinski definition) is 2. The van der Waals surface area contributed by atoms with Gasteiger partial charge in [0.1, 0.15) is 13.1 Å². The third-order valence-electron chi connectivity index (χ3n) is 4.63. The van der Waals surface area contributed by atoms with E-state index in [1.165, 1.54) is 9.80 Å². The normalized spacial score (nSPS) is 39.9. The fourth-order valence-electron chi connectivity index (χ4n) is 3.63. The number of nitrogens with one attached hydrogen (secondary N) is 2. The molecule has 0 spiro atoms. The maximum Gasteiger partial charge on any atom is 0.365 e. The zero-order valence-corrected chi connectivity index (χ0v) is 14.6. The molecule has 6 nitrogen and oxygen atoms in total. The summed E-state index contributed by atoms with van der Waals surface area (Å²) in [6.45, 7) is 6.43. The molecule has 8 heteroatoms. The van der Waals surface area contributed by atoms with Crippen LogP contribution in [0.2, 0.25) is 0 Å². The molecule has 6 atom stereocenters. The van der Waals surface area contributed by atoms with Gasteiger partial charge in [-0.25, -0.2) is 9.59 Å². The summed E-state index contributed by atoms with van der Waals surface area (Å²) in [6.07, 6.45) is 0. The number of quaternary nitrogens is 2. The van der Waals surface area contributed by atoms with Crippen LogP contribution in [0.4, 0.5) is 0 Å². The molecule has 0 saturated carbocycles. The molecule has 3 heterocycles. The number of fused-ring (bicyclic) bond motifs is 3. The van der Waals surface area contributed by atoms with Gasteiger partial charge in [-0.1, -0.05) is 23.5 Å². The predicted octanol–water partition coefficient (Wildman–Crippen LogP) is -2.22. The maximum atomic E-state index is 12.1. The molecule has 0 amide bonds. The highest BCUT2D eigenvalue weighted by Crippen LogP contribution is 2.27. The molecule has 0 bridgehead atoms. The van der Waals surface area contributed by atoms with Gasteiger partial charge in [0.25, 0.3) is 0 Å². The average molecular weight is 348 g/mol. The predicted molar refractivity (Wildman–Crippen MR) is 85.0 cm³/mol. The standard InChI is InChI=1S/C14H22N2O4S2/c1-3-19-13(17)9-7-21-11-12-16(6-5-15(9)11)10(8-22-12)14(18)20-4-2/h9-12H,3-8H2,1-2H3/p+2/t9-,10-,11+,12+/m0/s1. The lowest BCUT2D eigenvalue weighted by molar-refractivity contribution is -1.03. The van der Waals surface area contributed by atoms with Crippen molar-refractivity contribution in [3.05, 3.63) is 0 Å². The quantitative estimate of drug-likeness (QED) is 0.562. The summed E-state index contributed by atoms with van der Waals surface area (Å²) in [5.41, 5.74) is 0. The molecule has 22 heavy (non-hydrogen) atoms. The molecule has 2 unspecified atom stereocenters. The van der Waals surface area contributed by atoms with E-state index < -0.39 is 0 Å². The van der Waals surface area contributed by atoms with Gasteiger partial charge in [0.2, 0.25) is 0 Å². The van der Waals surface area contributed by atoms with E-state index in [0.29, 0.717) is 24.0 Å². The minimum atomic E-state index is -0.0686. The van der Waals surface area contributed by atoms with E-state index in [4.69, 9.17) is 9.47 Å². The van der Waals surface area contributed by atoms with Crippen LogP contribution in [0.1, 0.15) is 13.8 Å². The summed E-state index contributed by atoms with van der Waals surface area (Å²) in [5, 5.41) is 0.755. The van der Waals surface area contributed by atoms with Crippen LogP contribution < -0.4 is 9.80 Å². The minimum absolute atomic E-state index is 0.0428. The first kappa shape index (κ1) is 16.4. The molecule has 124 valence electrons. The van der Waals surface area contributed by atoms with E-state index in [1.807, 2.05) is 37.4 Å². The number of carbonyl (C=O) groups excluding carboxylic acids is 2. The number of hydrogen-bond acceptors (Lipinski definition) is 6. The minimum Gasteiger partial charge on any atom is -0.462 e. The third kappa shape index (κ3) is 2.86. The Bertz CT molecular complexity index is 411. The molecule has 0 aliphatic carbocycles. The zero-order chi connectivity index (χ0) is 15.7. The lowest BCUT2D eigenvalue weighted by Crippen LogP contribution is -3.34. The molecule has 0 aromatic carbocycles. The average Bonchev–Trinajstić information content (AvgIpc) is 3.11. The monoisotopic (exact) mass is 348 g/mol. The molecule has 3 saturated heterocycles. The number of ether oxygens (including phenoxy) is 2. The Morgan fingerprint density at radius 3 is 1.68 bits per heavy atom. The molecule has 3 aliphatic heterocycles. The summed E-state index contributed by atoms with van der Waals surface area (Å²) in [6, 6.07) is -0.0857. The zero-order valence-electron chi connectivity index (χ0n) is 13.0. The van der Waals surface area contributed by atoms with E-state index >= 15 is 0 Å². The SMILES string of the molecule is CCOC(=O)[C@@H]1CS[C@@H]2[C@H]3SC[C@@H](C(=O)OCC)[NH+]3CC[NH+]21. The maximum absolute atomic E-state index is 12.1. The Hall–Kier alpha value is -0.440. The van der Waals surface area contributed by atoms with Crippen molar-refractivity contribution >= 4 is 35.5 Å². The molecular weight excluding hydrogens is 324 g/mol. The van der Waals surface area contributed by atoms with Gasteiger partial charge in [-0.05, 0) is 13.8 Å².